The maximum atomic E-state index is 12.6. The van der Waals surface area contributed by atoms with Crippen LogP contribution in [0.5, 0.6) is 0 Å². The van der Waals surface area contributed by atoms with E-state index in [2.05, 4.69) is 5.32 Å². The molecule has 2 aromatic rings. The van der Waals surface area contributed by atoms with Crippen molar-refractivity contribution in [2.75, 3.05) is 6.54 Å². The zero-order chi connectivity index (χ0) is 19.0. The topological polar surface area (TPSA) is 91.6 Å². The highest BCUT2D eigenvalue weighted by Gasteiger charge is 2.36. The summed E-state index contributed by atoms with van der Waals surface area (Å²) in [6.45, 7) is 1.96. The maximum absolute atomic E-state index is 12.6. The fourth-order valence-corrected chi connectivity index (χ4v) is 3.59. The number of hydrogen-bond acceptors (Lipinski definition) is 3. The van der Waals surface area contributed by atoms with E-state index in [-0.39, 0.29) is 5.91 Å². The third-order valence-corrected chi connectivity index (χ3v) is 5.01. The van der Waals surface area contributed by atoms with Gasteiger partial charge in [-0.1, -0.05) is 11.6 Å². The number of hydrogen-bond donors (Lipinski definition) is 2. The molecule has 0 spiro atoms. The number of amides is 2. The molecular weight excluding hydrogens is 358 g/mol. The first-order valence-corrected chi connectivity index (χ1v) is 8.76. The average molecular weight is 378 g/mol. The number of aromatic nitrogens is 1. The highest BCUT2D eigenvalue weighted by Crippen LogP contribution is 2.23. The zero-order valence-electron chi connectivity index (χ0n) is 14.5. The van der Waals surface area contributed by atoms with Crippen molar-refractivity contribution < 1.29 is 19.5 Å². The lowest BCUT2D eigenvalue weighted by Crippen LogP contribution is -2.50. The molecule has 0 aliphatic carbocycles. The van der Waals surface area contributed by atoms with Crippen LogP contribution in [0.4, 0.5) is 0 Å². The summed E-state index contributed by atoms with van der Waals surface area (Å²) < 4.78 is 1.73. The lowest BCUT2D eigenvalue weighted by atomic mass is 10.2. The van der Waals surface area contributed by atoms with E-state index in [0.717, 1.165) is 10.9 Å². The van der Waals surface area contributed by atoms with E-state index in [1.165, 1.54) is 4.90 Å². The number of nitrogens with zero attached hydrogens (tertiary/aromatic N) is 2. The Kier molecular flexibility index (Phi) is 4.91. The Balaban J connectivity index is 1.76. The third kappa shape index (κ3) is 3.26. The van der Waals surface area contributed by atoms with Gasteiger partial charge in [0.1, 0.15) is 17.8 Å². The number of carbonyl (C=O) groups is 3. The number of halogens is 1. The van der Waals surface area contributed by atoms with Gasteiger partial charge in [-0.3, -0.25) is 9.59 Å². The Labute approximate surface area is 155 Å². The number of carboxylic acid groups (broad SMARTS) is 1. The van der Waals surface area contributed by atoms with Crippen molar-refractivity contribution in [2.24, 2.45) is 7.05 Å². The van der Waals surface area contributed by atoms with Crippen LogP contribution in [-0.2, 0) is 16.6 Å². The summed E-state index contributed by atoms with van der Waals surface area (Å²) in [7, 11) is 1.76. The highest BCUT2D eigenvalue weighted by atomic mass is 35.5. The predicted molar refractivity (Wildman–Crippen MR) is 97.2 cm³/mol. The molecule has 1 aliphatic heterocycles. The Bertz CT molecular complexity index is 892. The van der Waals surface area contributed by atoms with E-state index in [0.29, 0.717) is 30.1 Å². The van der Waals surface area contributed by atoms with Crippen LogP contribution < -0.4 is 5.32 Å². The summed E-state index contributed by atoms with van der Waals surface area (Å²) in [6, 6.07) is 5.42. The molecule has 8 heteroatoms. The molecule has 0 bridgehead atoms. The minimum absolute atomic E-state index is 0.384. The van der Waals surface area contributed by atoms with E-state index in [1.54, 1.807) is 36.7 Å². The Hall–Kier alpha value is -2.54. The molecule has 26 heavy (non-hydrogen) atoms. The Morgan fingerprint density at radius 3 is 2.73 bits per heavy atom. The van der Waals surface area contributed by atoms with Gasteiger partial charge in [0.2, 0.25) is 5.91 Å². The molecular formula is C18H20ClN3O4. The molecule has 0 saturated carbocycles. The number of aliphatic carboxylic acids is 1. The summed E-state index contributed by atoms with van der Waals surface area (Å²) in [5.74, 6) is -1.79. The number of carbonyl (C=O) groups excluding carboxylic acids is 2. The molecule has 1 aromatic heterocycles. The molecule has 7 nitrogen and oxygen atoms in total. The van der Waals surface area contributed by atoms with Gasteiger partial charge in [-0.05, 0) is 44.0 Å². The second-order valence-electron chi connectivity index (χ2n) is 6.51. The van der Waals surface area contributed by atoms with E-state index >= 15 is 0 Å². The van der Waals surface area contributed by atoms with E-state index in [4.69, 9.17) is 11.6 Å². The largest absolute Gasteiger partial charge is 0.480 e. The average Bonchev–Trinajstić information content (AvgIpc) is 3.19. The van der Waals surface area contributed by atoms with Gasteiger partial charge in [0.15, 0.2) is 0 Å². The van der Waals surface area contributed by atoms with Crippen molar-refractivity contribution in [1.29, 1.82) is 0 Å². The number of aryl methyl sites for hydroxylation is 1. The number of rotatable bonds is 4. The number of benzene rings is 1. The first kappa shape index (κ1) is 18.3. The van der Waals surface area contributed by atoms with Gasteiger partial charge in [-0.15, -0.1) is 0 Å². The molecule has 1 aliphatic rings. The highest BCUT2D eigenvalue weighted by molar-refractivity contribution is 6.31. The molecule has 1 fully saturated rings. The summed E-state index contributed by atoms with van der Waals surface area (Å²) in [5, 5.41) is 13.3. The summed E-state index contributed by atoms with van der Waals surface area (Å²) >= 11 is 5.99. The quantitative estimate of drug-likeness (QED) is 0.852. The van der Waals surface area contributed by atoms with Crippen LogP contribution >= 0.6 is 11.6 Å². The zero-order valence-corrected chi connectivity index (χ0v) is 15.3. The Morgan fingerprint density at radius 1 is 1.31 bits per heavy atom. The van der Waals surface area contributed by atoms with Gasteiger partial charge < -0.3 is 19.9 Å². The second kappa shape index (κ2) is 6.99. The molecule has 2 heterocycles. The summed E-state index contributed by atoms with van der Waals surface area (Å²) in [5.41, 5.74) is 1.25. The van der Waals surface area contributed by atoms with Gasteiger partial charge in [-0.2, -0.15) is 0 Å². The van der Waals surface area contributed by atoms with Gasteiger partial charge in [-0.25, -0.2) is 4.79 Å². The van der Waals surface area contributed by atoms with Crippen molar-refractivity contribution in [3.8, 4) is 0 Å². The van der Waals surface area contributed by atoms with Crippen LogP contribution in [0.1, 0.15) is 30.3 Å². The van der Waals surface area contributed by atoms with Crippen LogP contribution in [-0.4, -0.2) is 51.0 Å². The number of carboxylic acids is 1. The van der Waals surface area contributed by atoms with Crippen molar-refractivity contribution in [1.82, 2.24) is 14.8 Å². The molecule has 2 atom stereocenters. The lowest BCUT2D eigenvalue weighted by molar-refractivity contribution is -0.148. The predicted octanol–water partition coefficient (Wildman–Crippen LogP) is 2.03. The fraction of sp³-hybridized carbons (Fsp3) is 0.389. The van der Waals surface area contributed by atoms with Crippen LogP contribution in [0.2, 0.25) is 5.02 Å². The van der Waals surface area contributed by atoms with Crippen LogP contribution in [0.3, 0.4) is 0 Å². The smallest absolute Gasteiger partial charge is 0.326 e. The van der Waals surface area contributed by atoms with E-state index in [1.807, 2.05) is 6.07 Å². The van der Waals surface area contributed by atoms with E-state index < -0.39 is 24.0 Å². The number of nitrogens with one attached hydrogen (secondary N) is 1. The molecule has 2 amide bonds. The van der Waals surface area contributed by atoms with E-state index in [9.17, 15) is 19.5 Å². The Morgan fingerprint density at radius 2 is 2.04 bits per heavy atom. The van der Waals surface area contributed by atoms with Gasteiger partial charge in [0.25, 0.3) is 5.91 Å². The first-order valence-electron chi connectivity index (χ1n) is 8.38. The van der Waals surface area contributed by atoms with Crippen molar-refractivity contribution in [3.05, 3.63) is 35.0 Å². The minimum Gasteiger partial charge on any atom is -0.480 e. The lowest BCUT2D eigenvalue weighted by Gasteiger charge is -2.25. The molecule has 1 aromatic carbocycles. The second-order valence-corrected chi connectivity index (χ2v) is 6.95. The third-order valence-electron chi connectivity index (χ3n) is 4.78. The van der Waals surface area contributed by atoms with Gasteiger partial charge in [0.05, 0.1) is 0 Å². The normalized spacial score (nSPS) is 18.1. The van der Waals surface area contributed by atoms with Crippen molar-refractivity contribution in [2.45, 2.75) is 31.8 Å². The van der Waals surface area contributed by atoms with Crippen LogP contribution in [0.25, 0.3) is 10.9 Å². The summed E-state index contributed by atoms with van der Waals surface area (Å²) in [4.78, 5) is 37.8. The minimum atomic E-state index is -1.01. The molecule has 2 N–H and O–H groups in total. The fourth-order valence-electron chi connectivity index (χ4n) is 3.41. The van der Waals surface area contributed by atoms with Gasteiger partial charge in [0, 0.05) is 29.5 Å². The first-order chi connectivity index (χ1) is 12.3. The monoisotopic (exact) mass is 377 g/mol. The SMILES string of the molecule is C[C@H](NC(=O)c1cc2cc(Cl)ccc2n1C)C(=O)N1CCC[C@H]1C(=O)O. The van der Waals surface area contributed by atoms with Crippen LogP contribution in [0, 0.1) is 0 Å². The number of likely N-dealkylation sites (tertiary alicyclic amines) is 1. The van der Waals surface area contributed by atoms with Crippen molar-refractivity contribution >= 4 is 40.3 Å². The summed E-state index contributed by atoms with van der Waals surface area (Å²) in [6.07, 6.45) is 1.08. The molecule has 3 rings (SSSR count). The molecule has 0 radical (unpaired) electrons. The molecule has 138 valence electrons. The molecule has 1 saturated heterocycles. The standard InChI is InChI=1S/C18H20ClN3O4/c1-10(17(24)22-7-3-4-14(22)18(25)26)20-16(23)15-9-11-8-12(19)5-6-13(11)21(15)2/h5-6,8-10,14H,3-4,7H2,1-2H3,(H,20,23)(H,25,26)/t10-,14-/m0/s1. The number of fused-ring (bicyclic) bond motifs is 1. The maximum Gasteiger partial charge on any atom is 0.326 e. The van der Waals surface area contributed by atoms with Crippen molar-refractivity contribution in [3.63, 3.8) is 0 Å². The van der Waals surface area contributed by atoms with Crippen LogP contribution in [0.15, 0.2) is 24.3 Å². The van der Waals surface area contributed by atoms with Gasteiger partial charge >= 0.3 is 5.97 Å². The molecule has 0 unspecified atom stereocenters.